The van der Waals surface area contributed by atoms with E-state index in [-0.39, 0.29) is 5.82 Å². The fourth-order valence-electron chi connectivity index (χ4n) is 0.757. The summed E-state index contributed by atoms with van der Waals surface area (Å²) in [6.45, 7) is 1.66. The van der Waals surface area contributed by atoms with Gasteiger partial charge in [0.2, 0.25) is 5.88 Å². The Hall–Kier alpha value is -1.38. The number of aromatic nitrogens is 2. The smallest absolute Gasteiger partial charge is 0.355 e. The molecule has 0 atom stereocenters. The SMILES string of the molecule is CCc1nccc(OS(=O)(=O)C(F)(F)F)n1. The fraction of sp³-hybridized carbons (Fsp3) is 0.429. The minimum atomic E-state index is -5.67. The van der Waals surface area contributed by atoms with Crippen LogP contribution in [0, 0.1) is 0 Å². The molecule has 0 amide bonds. The van der Waals surface area contributed by atoms with Gasteiger partial charge in [-0.25, -0.2) is 4.98 Å². The third-order valence-electron chi connectivity index (χ3n) is 1.47. The molecule has 16 heavy (non-hydrogen) atoms. The van der Waals surface area contributed by atoms with Crippen molar-refractivity contribution in [2.45, 2.75) is 18.9 Å². The molecule has 0 aromatic carbocycles. The summed E-state index contributed by atoms with van der Waals surface area (Å²) >= 11 is 0. The summed E-state index contributed by atoms with van der Waals surface area (Å²) in [6, 6.07) is 0.933. The zero-order chi connectivity index (χ0) is 12.4. The molecule has 1 rings (SSSR count). The highest BCUT2D eigenvalue weighted by Gasteiger charge is 2.48. The molecule has 5 nitrogen and oxygen atoms in total. The molecule has 0 fully saturated rings. The van der Waals surface area contributed by atoms with Crippen LogP contribution < -0.4 is 4.18 Å². The summed E-state index contributed by atoms with van der Waals surface area (Å²) in [7, 11) is -5.67. The van der Waals surface area contributed by atoms with Crippen molar-refractivity contribution in [3.63, 3.8) is 0 Å². The van der Waals surface area contributed by atoms with Gasteiger partial charge in [0.25, 0.3) is 0 Å². The van der Waals surface area contributed by atoms with Crippen LogP contribution in [0.25, 0.3) is 0 Å². The molecule has 0 N–H and O–H groups in total. The normalized spacial score (nSPS) is 12.5. The van der Waals surface area contributed by atoms with E-state index in [9.17, 15) is 21.6 Å². The maximum atomic E-state index is 11.9. The van der Waals surface area contributed by atoms with Gasteiger partial charge >= 0.3 is 15.6 Å². The quantitative estimate of drug-likeness (QED) is 0.601. The number of hydrogen-bond acceptors (Lipinski definition) is 5. The molecule has 0 aliphatic carbocycles. The molecule has 9 heteroatoms. The number of alkyl halides is 3. The van der Waals surface area contributed by atoms with Crippen molar-refractivity contribution in [3.05, 3.63) is 18.1 Å². The Bertz CT molecular complexity index is 472. The van der Waals surface area contributed by atoms with Crippen LogP contribution in [-0.4, -0.2) is 23.9 Å². The van der Waals surface area contributed by atoms with E-state index in [1.54, 1.807) is 6.92 Å². The fourth-order valence-corrected chi connectivity index (χ4v) is 1.17. The largest absolute Gasteiger partial charge is 0.534 e. The van der Waals surface area contributed by atoms with Gasteiger partial charge < -0.3 is 4.18 Å². The number of halogens is 3. The second kappa shape index (κ2) is 4.24. The van der Waals surface area contributed by atoms with Crippen LogP contribution in [0.5, 0.6) is 5.88 Å². The van der Waals surface area contributed by atoms with Gasteiger partial charge in [0.05, 0.1) is 0 Å². The molecule has 90 valence electrons. The topological polar surface area (TPSA) is 69.2 Å². The van der Waals surface area contributed by atoms with Crippen LogP contribution in [0.15, 0.2) is 12.3 Å². The standard InChI is InChI=1S/C7H7F3N2O3S/c1-2-5-11-4-3-6(12-5)15-16(13,14)7(8,9)10/h3-4H,2H2,1H3. The second-order valence-corrected chi connectivity index (χ2v) is 4.19. The lowest BCUT2D eigenvalue weighted by atomic mass is 10.4. The number of aryl methyl sites for hydroxylation is 1. The molecule has 0 aliphatic rings. The van der Waals surface area contributed by atoms with E-state index in [1.165, 1.54) is 0 Å². The first-order valence-electron chi connectivity index (χ1n) is 4.09. The van der Waals surface area contributed by atoms with E-state index in [1.807, 2.05) is 0 Å². The molecule has 0 saturated carbocycles. The molecular weight excluding hydrogens is 249 g/mol. The Kier molecular flexibility index (Phi) is 3.36. The predicted molar refractivity (Wildman–Crippen MR) is 47.0 cm³/mol. The van der Waals surface area contributed by atoms with Crippen molar-refractivity contribution in [1.29, 1.82) is 0 Å². The van der Waals surface area contributed by atoms with Gasteiger partial charge in [0.15, 0.2) is 0 Å². The highest BCUT2D eigenvalue weighted by molar-refractivity contribution is 7.87. The van der Waals surface area contributed by atoms with Crippen molar-refractivity contribution >= 4 is 10.1 Å². The zero-order valence-corrected chi connectivity index (χ0v) is 8.84. The van der Waals surface area contributed by atoms with Crippen LogP contribution >= 0.6 is 0 Å². The molecule has 0 radical (unpaired) electrons. The van der Waals surface area contributed by atoms with E-state index in [0.29, 0.717) is 6.42 Å². The van der Waals surface area contributed by atoms with Crippen molar-refractivity contribution in [3.8, 4) is 5.88 Å². The lowest BCUT2D eigenvalue weighted by Gasteiger charge is -2.08. The van der Waals surface area contributed by atoms with Crippen molar-refractivity contribution in [2.24, 2.45) is 0 Å². The molecule has 0 unspecified atom stereocenters. The summed E-state index contributed by atoms with van der Waals surface area (Å²) in [5.74, 6) is -0.459. The van der Waals surface area contributed by atoms with Crippen molar-refractivity contribution in [2.75, 3.05) is 0 Å². The van der Waals surface area contributed by atoms with Gasteiger partial charge in [0, 0.05) is 18.7 Å². The molecule has 0 saturated heterocycles. The Morgan fingerprint density at radius 3 is 2.56 bits per heavy atom. The van der Waals surface area contributed by atoms with Crippen molar-refractivity contribution in [1.82, 2.24) is 9.97 Å². The highest BCUT2D eigenvalue weighted by atomic mass is 32.2. The third-order valence-corrected chi connectivity index (χ3v) is 2.43. The summed E-state index contributed by atoms with van der Waals surface area (Å²) in [6.07, 6.45) is 1.47. The summed E-state index contributed by atoms with van der Waals surface area (Å²) < 4.78 is 60.9. The first-order chi connectivity index (χ1) is 7.26. The molecule has 1 aromatic heterocycles. The van der Waals surface area contributed by atoms with Gasteiger partial charge in [-0.2, -0.15) is 26.6 Å². The highest BCUT2D eigenvalue weighted by Crippen LogP contribution is 2.25. The van der Waals surface area contributed by atoms with Crippen molar-refractivity contribution < 1.29 is 25.8 Å². The maximum Gasteiger partial charge on any atom is 0.534 e. The first-order valence-corrected chi connectivity index (χ1v) is 5.50. The Morgan fingerprint density at radius 2 is 2.06 bits per heavy atom. The molecule has 0 aliphatic heterocycles. The van der Waals surface area contributed by atoms with Crippen LogP contribution in [-0.2, 0) is 16.5 Å². The van der Waals surface area contributed by atoms with E-state index in [0.717, 1.165) is 12.3 Å². The molecule has 0 spiro atoms. The maximum absolute atomic E-state index is 11.9. The Labute approximate surface area is 89.4 Å². The Balaban J connectivity index is 2.97. The average molecular weight is 256 g/mol. The molecule has 1 aromatic rings. The van der Waals surface area contributed by atoms with E-state index < -0.39 is 21.5 Å². The van der Waals surface area contributed by atoms with Crippen LogP contribution in [0.2, 0.25) is 0 Å². The molecule has 0 bridgehead atoms. The van der Waals surface area contributed by atoms with Gasteiger partial charge in [0.1, 0.15) is 5.82 Å². The van der Waals surface area contributed by atoms with E-state index in [4.69, 9.17) is 0 Å². The first kappa shape index (κ1) is 12.7. The van der Waals surface area contributed by atoms with Crippen LogP contribution in [0.1, 0.15) is 12.7 Å². The number of hydrogen-bond donors (Lipinski definition) is 0. The minimum absolute atomic E-state index is 0.190. The van der Waals surface area contributed by atoms with E-state index in [2.05, 4.69) is 14.2 Å². The summed E-state index contributed by atoms with van der Waals surface area (Å²) in [4.78, 5) is 7.16. The molecular formula is C7H7F3N2O3S. The van der Waals surface area contributed by atoms with Gasteiger partial charge in [-0.3, -0.25) is 0 Å². The van der Waals surface area contributed by atoms with Gasteiger partial charge in [-0.15, -0.1) is 0 Å². The van der Waals surface area contributed by atoms with Gasteiger partial charge in [-0.1, -0.05) is 6.92 Å². The van der Waals surface area contributed by atoms with Crippen LogP contribution in [0.3, 0.4) is 0 Å². The second-order valence-electron chi connectivity index (χ2n) is 2.65. The lowest BCUT2D eigenvalue weighted by molar-refractivity contribution is -0.0501. The average Bonchev–Trinajstić information content (AvgIpc) is 2.15. The third kappa shape index (κ3) is 2.81. The lowest BCUT2D eigenvalue weighted by Crippen LogP contribution is -2.28. The number of rotatable bonds is 3. The summed E-state index contributed by atoms with van der Waals surface area (Å²) in [5.41, 5.74) is -5.47. The number of nitrogens with zero attached hydrogens (tertiary/aromatic N) is 2. The Morgan fingerprint density at radius 1 is 1.44 bits per heavy atom. The summed E-state index contributed by atoms with van der Waals surface area (Å²) in [5, 5.41) is 0. The zero-order valence-electron chi connectivity index (χ0n) is 8.02. The molecule has 1 heterocycles. The van der Waals surface area contributed by atoms with Crippen LogP contribution in [0.4, 0.5) is 13.2 Å². The van der Waals surface area contributed by atoms with Gasteiger partial charge in [-0.05, 0) is 0 Å². The minimum Gasteiger partial charge on any atom is -0.355 e. The monoisotopic (exact) mass is 256 g/mol. The van der Waals surface area contributed by atoms with E-state index >= 15 is 0 Å². The predicted octanol–water partition coefficient (Wildman–Crippen LogP) is 1.27.